The van der Waals surface area contributed by atoms with Crippen LogP contribution < -0.4 is 0 Å². The summed E-state index contributed by atoms with van der Waals surface area (Å²) in [5.41, 5.74) is 1.31. The molecule has 0 saturated heterocycles. The quantitative estimate of drug-likeness (QED) is 0.347. The number of carbonyl (C=O) groups excluding carboxylic acids is 2. The van der Waals surface area contributed by atoms with Crippen molar-refractivity contribution in [2.75, 3.05) is 7.11 Å². The summed E-state index contributed by atoms with van der Waals surface area (Å²) >= 11 is 0. The van der Waals surface area contributed by atoms with Gasteiger partial charge in [0.25, 0.3) is 5.69 Å². The number of nitro groups is 1. The molecule has 2 aromatic carbocycles. The van der Waals surface area contributed by atoms with Crippen LogP contribution in [0.5, 0.6) is 0 Å². The Labute approximate surface area is 143 Å². The molecule has 0 unspecified atom stereocenters. The van der Waals surface area contributed by atoms with Gasteiger partial charge < -0.3 is 9.47 Å². The molecule has 0 heterocycles. The van der Waals surface area contributed by atoms with E-state index in [2.05, 4.69) is 4.74 Å². The number of hydrogen-bond donors (Lipinski definition) is 0. The SMILES string of the molecule is COC(=O)c1ccc(COC(=O)/C=C/c2ccccc2[N+](=O)[O-])cc1. The van der Waals surface area contributed by atoms with Crippen molar-refractivity contribution in [2.24, 2.45) is 0 Å². The topological polar surface area (TPSA) is 95.7 Å². The Morgan fingerprint density at radius 1 is 1.12 bits per heavy atom. The predicted molar refractivity (Wildman–Crippen MR) is 89.7 cm³/mol. The molecule has 2 rings (SSSR count). The van der Waals surface area contributed by atoms with Crippen LogP contribution in [0, 0.1) is 10.1 Å². The molecule has 7 nitrogen and oxygen atoms in total. The first-order valence-corrected chi connectivity index (χ1v) is 7.27. The fourth-order valence-corrected chi connectivity index (χ4v) is 2.01. The Morgan fingerprint density at radius 2 is 1.80 bits per heavy atom. The van der Waals surface area contributed by atoms with Crippen molar-refractivity contribution in [3.8, 4) is 0 Å². The lowest BCUT2D eigenvalue weighted by atomic mass is 10.1. The molecule has 0 aliphatic rings. The predicted octanol–water partition coefficient (Wildman–Crippen LogP) is 3.14. The average Bonchev–Trinajstić information content (AvgIpc) is 2.64. The number of rotatable bonds is 6. The summed E-state index contributed by atoms with van der Waals surface area (Å²) < 4.78 is 9.66. The summed E-state index contributed by atoms with van der Waals surface area (Å²) in [7, 11) is 1.29. The zero-order valence-electron chi connectivity index (χ0n) is 13.4. The van der Waals surface area contributed by atoms with E-state index in [-0.39, 0.29) is 12.3 Å². The molecule has 0 radical (unpaired) electrons. The number of hydrogen-bond acceptors (Lipinski definition) is 6. The highest BCUT2D eigenvalue weighted by molar-refractivity contribution is 5.89. The molecule has 0 atom stereocenters. The third-order valence-electron chi connectivity index (χ3n) is 3.29. The summed E-state index contributed by atoms with van der Waals surface area (Å²) in [5, 5.41) is 10.9. The van der Waals surface area contributed by atoms with Crippen molar-refractivity contribution in [1.82, 2.24) is 0 Å². The van der Waals surface area contributed by atoms with Crippen LogP contribution in [0.1, 0.15) is 21.5 Å². The Morgan fingerprint density at radius 3 is 2.44 bits per heavy atom. The van der Waals surface area contributed by atoms with Gasteiger partial charge in [0, 0.05) is 12.1 Å². The Bertz CT molecular complexity index is 811. The van der Waals surface area contributed by atoms with Gasteiger partial charge in [-0.3, -0.25) is 10.1 Å². The lowest BCUT2D eigenvalue weighted by Crippen LogP contribution is -2.03. The van der Waals surface area contributed by atoms with E-state index in [0.29, 0.717) is 16.7 Å². The van der Waals surface area contributed by atoms with Crippen molar-refractivity contribution < 1.29 is 24.0 Å². The van der Waals surface area contributed by atoms with Crippen LogP contribution in [-0.2, 0) is 20.9 Å². The Hall–Kier alpha value is -3.48. The summed E-state index contributed by atoms with van der Waals surface area (Å²) in [6.07, 6.45) is 2.46. The Kier molecular flexibility index (Phi) is 6.00. The molecule has 0 aromatic heterocycles. The van der Waals surface area contributed by atoms with E-state index in [1.54, 1.807) is 36.4 Å². The highest BCUT2D eigenvalue weighted by Gasteiger charge is 2.10. The maximum absolute atomic E-state index is 11.7. The van der Waals surface area contributed by atoms with Crippen LogP contribution in [0.3, 0.4) is 0 Å². The summed E-state index contributed by atoms with van der Waals surface area (Å²) in [6.45, 7) is 0.0154. The van der Waals surface area contributed by atoms with Crippen LogP contribution in [0.2, 0.25) is 0 Å². The van der Waals surface area contributed by atoms with Crippen LogP contribution in [0.25, 0.3) is 6.08 Å². The van der Waals surface area contributed by atoms with Gasteiger partial charge in [-0.05, 0) is 29.8 Å². The normalized spacial score (nSPS) is 10.4. The minimum Gasteiger partial charge on any atom is -0.465 e. The van der Waals surface area contributed by atoms with Gasteiger partial charge in [0.15, 0.2) is 0 Å². The maximum atomic E-state index is 11.7. The monoisotopic (exact) mass is 341 g/mol. The van der Waals surface area contributed by atoms with Gasteiger partial charge in [-0.2, -0.15) is 0 Å². The van der Waals surface area contributed by atoms with Crippen molar-refractivity contribution in [3.05, 3.63) is 81.4 Å². The number of methoxy groups -OCH3 is 1. The molecule has 0 spiro atoms. The second-order valence-electron chi connectivity index (χ2n) is 4.95. The minimum absolute atomic E-state index is 0.0154. The molecule has 0 aliphatic heterocycles. The number of esters is 2. The molecule has 0 aliphatic carbocycles. The second-order valence-corrected chi connectivity index (χ2v) is 4.95. The molecular formula is C18H15NO6. The van der Waals surface area contributed by atoms with Gasteiger partial charge in [0.1, 0.15) is 6.61 Å². The molecule has 0 N–H and O–H groups in total. The summed E-state index contributed by atoms with van der Waals surface area (Å²) in [5.74, 6) is -1.08. The van der Waals surface area contributed by atoms with Crippen molar-refractivity contribution in [3.63, 3.8) is 0 Å². The number of para-hydroxylation sites is 1. The molecule has 0 bridgehead atoms. The number of nitro benzene ring substituents is 1. The first-order valence-electron chi connectivity index (χ1n) is 7.27. The van der Waals surface area contributed by atoms with E-state index in [1.807, 2.05) is 0 Å². The van der Waals surface area contributed by atoms with Gasteiger partial charge in [0.2, 0.25) is 0 Å². The number of nitrogens with zero attached hydrogens (tertiary/aromatic N) is 1. The molecule has 2 aromatic rings. The minimum atomic E-state index is -0.629. The smallest absolute Gasteiger partial charge is 0.337 e. The molecule has 0 fully saturated rings. The molecular weight excluding hydrogens is 326 g/mol. The van der Waals surface area contributed by atoms with Crippen molar-refractivity contribution >= 4 is 23.7 Å². The lowest BCUT2D eigenvalue weighted by Gasteiger charge is -2.04. The van der Waals surface area contributed by atoms with Crippen molar-refractivity contribution in [1.29, 1.82) is 0 Å². The van der Waals surface area contributed by atoms with E-state index in [4.69, 9.17) is 4.74 Å². The summed E-state index contributed by atoms with van der Waals surface area (Å²) in [4.78, 5) is 33.4. The first kappa shape index (κ1) is 17.9. The maximum Gasteiger partial charge on any atom is 0.337 e. The first-order chi connectivity index (χ1) is 12.0. The molecule has 25 heavy (non-hydrogen) atoms. The second kappa shape index (κ2) is 8.39. The van der Waals surface area contributed by atoms with E-state index in [0.717, 1.165) is 6.08 Å². The zero-order chi connectivity index (χ0) is 18.2. The van der Waals surface area contributed by atoms with E-state index in [1.165, 1.54) is 25.3 Å². The van der Waals surface area contributed by atoms with Crippen LogP contribution in [-0.4, -0.2) is 24.0 Å². The number of ether oxygens (including phenoxy) is 2. The highest BCUT2D eigenvalue weighted by atomic mass is 16.6. The average molecular weight is 341 g/mol. The molecule has 7 heteroatoms. The van der Waals surface area contributed by atoms with E-state index < -0.39 is 16.9 Å². The standard InChI is InChI=1S/C18H15NO6/c1-24-18(21)15-8-6-13(7-9-15)12-25-17(20)11-10-14-4-2-3-5-16(14)19(22)23/h2-11H,12H2,1H3/b11-10+. The van der Waals surface area contributed by atoms with E-state index in [9.17, 15) is 19.7 Å². The number of benzene rings is 2. The largest absolute Gasteiger partial charge is 0.465 e. The molecule has 0 saturated carbocycles. The fourth-order valence-electron chi connectivity index (χ4n) is 2.01. The van der Waals surface area contributed by atoms with Gasteiger partial charge in [-0.1, -0.05) is 24.3 Å². The highest BCUT2D eigenvalue weighted by Crippen LogP contribution is 2.19. The van der Waals surface area contributed by atoms with Crippen LogP contribution in [0.15, 0.2) is 54.6 Å². The third kappa shape index (κ3) is 5.00. The van der Waals surface area contributed by atoms with Crippen LogP contribution >= 0.6 is 0 Å². The van der Waals surface area contributed by atoms with Crippen molar-refractivity contribution in [2.45, 2.75) is 6.61 Å². The Balaban J connectivity index is 1.95. The molecule has 0 amide bonds. The fraction of sp³-hybridized carbons (Fsp3) is 0.111. The van der Waals surface area contributed by atoms with Gasteiger partial charge in [-0.25, -0.2) is 9.59 Å². The number of carbonyl (C=O) groups is 2. The zero-order valence-corrected chi connectivity index (χ0v) is 13.4. The van der Waals surface area contributed by atoms with Gasteiger partial charge >= 0.3 is 11.9 Å². The van der Waals surface area contributed by atoms with Gasteiger partial charge in [0.05, 0.1) is 23.2 Å². The van der Waals surface area contributed by atoms with E-state index >= 15 is 0 Å². The third-order valence-corrected chi connectivity index (χ3v) is 3.29. The summed E-state index contributed by atoms with van der Waals surface area (Å²) in [6, 6.07) is 12.5. The van der Waals surface area contributed by atoms with Gasteiger partial charge in [-0.15, -0.1) is 0 Å². The van der Waals surface area contributed by atoms with Crippen LogP contribution in [0.4, 0.5) is 5.69 Å². The molecule has 128 valence electrons. The lowest BCUT2D eigenvalue weighted by molar-refractivity contribution is -0.385.